The van der Waals surface area contributed by atoms with E-state index in [-0.39, 0.29) is 5.75 Å². The largest absolute Gasteiger partial charge is 0.506 e. The number of benzene rings is 2. The highest BCUT2D eigenvalue weighted by molar-refractivity contribution is 6.32. The molecule has 28 heavy (non-hydrogen) atoms. The lowest BCUT2D eigenvalue weighted by molar-refractivity contribution is 0.112. The van der Waals surface area contributed by atoms with E-state index in [0.29, 0.717) is 28.3 Å². The van der Waals surface area contributed by atoms with E-state index in [4.69, 9.17) is 27.7 Å². The third-order valence-corrected chi connectivity index (χ3v) is 5.53. The van der Waals surface area contributed by atoms with E-state index >= 15 is 0 Å². The number of rotatable bonds is 5. The number of halogens is 2. The number of piperazine rings is 1. The van der Waals surface area contributed by atoms with Crippen LogP contribution in [0.4, 0.5) is 0 Å². The zero-order valence-corrected chi connectivity index (χ0v) is 16.7. The van der Waals surface area contributed by atoms with Crippen LogP contribution in [0.2, 0.25) is 10.0 Å². The Balaban J connectivity index is 1.31. The molecule has 1 aliphatic heterocycles. The SMILES string of the molecule is Oc1cccc(CN2CCN(Cc3nc(-c4ccc(Cl)cc4)no3)CC2)c1Cl. The second-order valence-corrected chi connectivity index (χ2v) is 7.64. The molecule has 3 aromatic rings. The Hall–Kier alpha value is -2.12. The van der Waals surface area contributed by atoms with Crippen LogP contribution in [0.5, 0.6) is 5.75 Å². The van der Waals surface area contributed by atoms with Crippen LogP contribution in [-0.4, -0.2) is 51.2 Å². The van der Waals surface area contributed by atoms with Crippen molar-refractivity contribution in [2.24, 2.45) is 0 Å². The summed E-state index contributed by atoms with van der Waals surface area (Å²) >= 11 is 12.1. The van der Waals surface area contributed by atoms with Gasteiger partial charge in [0.1, 0.15) is 5.75 Å². The van der Waals surface area contributed by atoms with Gasteiger partial charge in [-0.05, 0) is 35.9 Å². The summed E-state index contributed by atoms with van der Waals surface area (Å²) in [5.74, 6) is 1.31. The van der Waals surface area contributed by atoms with Gasteiger partial charge in [0.25, 0.3) is 0 Å². The molecule has 0 bridgehead atoms. The molecule has 4 rings (SSSR count). The average molecular weight is 419 g/mol. The molecule has 2 heterocycles. The summed E-state index contributed by atoms with van der Waals surface area (Å²) < 4.78 is 5.41. The van der Waals surface area contributed by atoms with Crippen LogP contribution in [0.15, 0.2) is 47.0 Å². The summed E-state index contributed by atoms with van der Waals surface area (Å²) in [7, 11) is 0. The molecule has 0 saturated carbocycles. The molecule has 1 aliphatic rings. The van der Waals surface area contributed by atoms with Crippen LogP contribution < -0.4 is 0 Å². The quantitative estimate of drug-likeness (QED) is 0.673. The van der Waals surface area contributed by atoms with E-state index in [9.17, 15) is 5.11 Å². The topological polar surface area (TPSA) is 65.6 Å². The zero-order chi connectivity index (χ0) is 19.5. The van der Waals surface area contributed by atoms with E-state index < -0.39 is 0 Å². The van der Waals surface area contributed by atoms with E-state index in [1.165, 1.54) is 0 Å². The predicted molar refractivity (Wildman–Crippen MR) is 108 cm³/mol. The van der Waals surface area contributed by atoms with Gasteiger partial charge in [0.15, 0.2) is 0 Å². The average Bonchev–Trinajstić information content (AvgIpc) is 3.16. The number of nitrogens with zero attached hydrogens (tertiary/aromatic N) is 4. The molecule has 1 N–H and O–H groups in total. The molecule has 0 aliphatic carbocycles. The molecule has 0 spiro atoms. The third kappa shape index (κ3) is 4.47. The second-order valence-electron chi connectivity index (χ2n) is 6.82. The molecule has 1 aromatic heterocycles. The number of hydrogen-bond donors (Lipinski definition) is 1. The Morgan fingerprint density at radius 2 is 1.61 bits per heavy atom. The van der Waals surface area contributed by atoms with Gasteiger partial charge in [-0.15, -0.1) is 0 Å². The van der Waals surface area contributed by atoms with Crippen molar-refractivity contribution in [2.75, 3.05) is 26.2 Å². The highest BCUT2D eigenvalue weighted by atomic mass is 35.5. The summed E-state index contributed by atoms with van der Waals surface area (Å²) in [5, 5.41) is 14.9. The van der Waals surface area contributed by atoms with Crippen molar-refractivity contribution in [1.29, 1.82) is 0 Å². The van der Waals surface area contributed by atoms with Gasteiger partial charge in [-0.2, -0.15) is 4.98 Å². The van der Waals surface area contributed by atoms with Crippen LogP contribution in [-0.2, 0) is 13.1 Å². The molecular formula is C20H20Cl2N4O2. The van der Waals surface area contributed by atoms with Crippen LogP contribution in [0.3, 0.4) is 0 Å². The van der Waals surface area contributed by atoms with E-state index in [1.54, 1.807) is 6.07 Å². The van der Waals surface area contributed by atoms with Gasteiger partial charge < -0.3 is 9.63 Å². The van der Waals surface area contributed by atoms with Crippen molar-refractivity contribution < 1.29 is 9.63 Å². The number of aromatic hydroxyl groups is 1. The fourth-order valence-corrected chi connectivity index (χ4v) is 3.57. The summed E-state index contributed by atoms with van der Waals surface area (Å²) in [6, 6.07) is 12.7. The molecule has 6 nitrogen and oxygen atoms in total. The summed E-state index contributed by atoms with van der Waals surface area (Å²) in [6.45, 7) is 4.96. The van der Waals surface area contributed by atoms with Gasteiger partial charge in [0, 0.05) is 43.3 Å². The summed E-state index contributed by atoms with van der Waals surface area (Å²) in [5.41, 5.74) is 1.83. The van der Waals surface area contributed by atoms with Gasteiger partial charge in [-0.1, -0.05) is 40.5 Å². The smallest absolute Gasteiger partial charge is 0.241 e. The van der Waals surface area contributed by atoms with Crippen LogP contribution in [0, 0.1) is 0 Å². The maximum absolute atomic E-state index is 9.75. The minimum absolute atomic E-state index is 0.130. The first kappa shape index (κ1) is 19.2. The lowest BCUT2D eigenvalue weighted by atomic mass is 10.2. The first-order valence-corrected chi connectivity index (χ1v) is 9.83. The molecule has 0 unspecified atom stereocenters. The van der Waals surface area contributed by atoms with E-state index in [2.05, 4.69) is 19.9 Å². The highest BCUT2D eigenvalue weighted by Gasteiger charge is 2.20. The van der Waals surface area contributed by atoms with E-state index in [0.717, 1.165) is 43.9 Å². The van der Waals surface area contributed by atoms with Gasteiger partial charge in [-0.25, -0.2) is 0 Å². The monoisotopic (exact) mass is 418 g/mol. The van der Waals surface area contributed by atoms with Crippen LogP contribution in [0.1, 0.15) is 11.5 Å². The Kier molecular flexibility index (Phi) is 5.82. The van der Waals surface area contributed by atoms with Crippen molar-refractivity contribution in [1.82, 2.24) is 19.9 Å². The standard InChI is InChI=1S/C20H20Cl2N4O2/c21-16-6-4-14(5-7-16)20-23-18(28-24-20)13-26-10-8-25(9-11-26)12-15-2-1-3-17(27)19(15)22/h1-7,27H,8-13H2. The lowest BCUT2D eigenvalue weighted by Gasteiger charge is -2.34. The Bertz CT molecular complexity index is 938. The maximum atomic E-state index is 9.75. The minimum atomic E-state index is 0.130. The first-order chi connectivity index (χ1) is 13.6. The number of phenols is 1. The molecule has 0 radical (unpaired) electrons. The van der Waals surface area contributed by atoms with Gasteiger partial charge in [0.2, 0.25) is 11.7 Å². The zero-order valence-electron chi connectivity index (χ0n) is 15.2. The fraction of sp³-hybridized carbons (Fsp3) is 0.300. The maximum Gasteiger partial charge on any atom is 0.241 e. The minimum Gasteiger partial charge on any atom is -0.506 e. The Morgan fingerprint density at radius 1 is 0.929 bits per heavy atom. The van der Waals surface area contributed by atoms with Crippen molar-refractivity contribution in [3.63, 3.8) is 0 Å². The van der Waals surface area contributed by atoms with Gasteiger partial charge in [-0.3, -0.25) is 9.80 Å². The van der Waals surface area contributed by atoms with Crippen molar-refractivity contribution in [2.45, 2.75) is 13.1 Å². The molecule has 1 fully saturated rings. The summed E-state index contributed by atoms with van der Waals surface area (Å²) in [4.78, 5) is 9.11. The fourth-order valence-electron chi connectivity index (χ4n) is 3.26. The second kappa shape index (κ2) is 8.49. The number of phenolic OH excluding ortho intramolecular Hbond substituents is 1. The van der Waals surface area contributed by atoms with Gasteiger partial charge >= 0.3 is 0 Å². The van der Waals surface area contributed by atoms with E-state index in [1.807, 2.05) is 36.4 Å². The molecule has 1 saturated heterocycles. The number of hydrogen-bond acceptors (Lipinski definition) is 6. The van der Waals surface area contributed by atoms with Crippen molar-refractivity contribution in [3.05, 3.63) is 64.0 Å². The molecular weight excluding hydrogens is 399 g/mol. The van der Waals surface area contributed by atoms with Crippen molar-refractivity contribution in [3.8, 4) is 17.1 Å². The van der Waals surface area contributed by atoms with Crippen LogP contribution >= 0.6 is 23.2 Å². The summed E-state index contributed by atoms with van der Waals surface area (Å²) in [6.07, 6.45) is 0. The molecule has 2 aromatic carbocycles. The van der Waals surface area contributed by atoms with Crippen LogP contribution in [0.25, 0.3) is 11.4 Å². The highest BCUT2D eigenvalue weighted by Crippen LogP contribution is 2.28. The molecule has 146 valence electrons. The molecule has 8 heteroatoms. The normalized spacial score (nSPS) is 15.8. The number of aromatic nitrogens is 2. The predicted octanol–water partition coefficient (Wildman–Crippen LogP) is 4.07. The Morgan fingerprint density at radius 3 is 2.32 bits per heavy atom. The lowest BCUT2D eigenvalue weighted by Crippen LogP contribution is -2.45. The third-order valence-electron chi connectivity index (χ3n) is 4.85. The first-order valence-electron chi connectivity index (χ1n) is 9.08. The molecule has 0 atom stereocenters. The van der Waals surface area contributed by atoms with Crippen molar-refractivity contribution >= 4 is 23.2 Å². The van der Waals surface area contributed by atoms with Gasteiger partial charge in [0.05, 0.1) is 11.6 Å². The molecule has 0 amide bonds. The Labute approximate surface area is 173 Å².